The number of rotatable bonds is 3. The highest BCUT2D eigenvalue weighted by Gasteiger charge is 2.19. The average Bonchev–Trinajstić information content (AvgIpc) is 2.83. The molecule has 1 aliphatic rings. The number of amides is 1. The largest absolute Gasteiger partial charge is 0.508 e. The molecule has 0 fully saturated rings. The van der Waals surface area contributed by atoms with Crippen molar-refractivity contribution in [2.75, 3.05) is 13.1 Å². The first-order chi connectivity index (χ1) is 12.6. The van der Waals surface area contributed by atoms with Crippen molar-refractivity contribution in [1.29, 1.82) is 0 Å². The van der Waals surface area contributed by atoms with E-state index >= 15 is 0 Å². The predicted molar refractivity (Wildman–Crippen MR) is 103 cm³/mol. The number of hydrogen-bond acceptors (Lipinski definition) is 2. The summed E-state index contributed by atoms with van der Waals surface area (Å²) < 4.78 is 2.13. The summed E-state index contributed by atoms with van der Waals surface area (Å²) in [5.74, 6) is 0.523. The maximum Gasteiger partial charge on any atom is 0.222 e. The maximum atomic E-state index is 12.8. The lowest BCUT2D eigenvalue weighted by Crippen LogP contribution is -2.33. The number of aromatic hydroxyl groups is 1. The van der Waals surface area contributed by atoms with Gasteiger partial charge >= 0.3 is 0 Å². The summed E-state index contributed by atoms with van der Waals surface area (Å²) >= 11 is 0. The Morgan fingerprint density at radius 2 is 1.85 bits per heavy atom. The summed E-state index contributed by atoms with van der Waals surface area (Å²) in [6.07, 6.45) is 5.11. The highest BCUT2D eigenvalue weighted by atomic mass is 16.3. The molecule has 134 valence electrons. The molecule has 1 aliphatic heterocycles. The molecule has 26 heavy (non-hydrogen) atoms. The molecule has 0 spiro atoms. The number of benzene rings is 2. The van der Waals surface area contributed by atoms with Gasteiger partial charge in [-0.25, -0.2) is 0 Å². The van der Waals surface area contributed by atoms with Gasteiger partial charge < -0.3 is 14.6 Å². The minimum atomic E-state index is 0.218. The van der Waals surface area contributed by atoms with Crippen LogP contribution < -0.4 is 0 Å². The molecule has 1 amide bonds. The summed E-state index contributed by atoms with van der Waals surface area (Å²) in [5.41, 5.74) is 4.85. The number of fused-ring (bicyclic) bond motifs is 2. The Labute approximate surface area is 153 Å². The standard InChI is InChI=1S/C22H24N2O2/c1-23-15-18(20-4-2-3-5-21(20)23)7-9-22(26)24-12-10-16-6-8-19(25)14-17(16)11-13-24/h2-6,8,14-15,25H,7,9-13H2,1H3. The van der Waals surface area contributed by atoms with E-state index in [1.807, 2.05) is 23.1 Å². The topological polar surface area (TPSA) is 45.5 Å². The van der Waals surface area contributed by atoms with E-state index in [1.165, 1.54) is 22.0 Å². The maximum absolute atomic E-state index is 12.8. The van der Waals surface area contributed by atoms with Gasteiger partial charge in [0.25, 0.3) is 0 Å². The summed E-state index contributed by atoms with van der Waals surface area (Å²) in [5, 5.41) is 10.9. The van der Waals surface area contributed by atoms with Crippen molar-refractivity contribution in [3.63, 3.8) is 0 Å². The van der Waals surface area contributed by atoms with Gasteiger partial charge in [-0.1, -0.05) is 24.3 Å². The lowest BCUT2D eigenvalue weighted by Gasteiger charge is -2.20. The van der Waals surface area contributed by atoms with Crippen LogP contribution in [0.25, 0.3) is 10.9 Å². The van der Waals surface area contributed by atoms with Gasteiger partial charge in [0.2, 0.25) is 5.91 Å². The zero-order chi connectivity index (χ0) is 18.1. The fourth-order valence-electron chi connectivity index (χ4n) is 3.99. The van der Waals surface area contributed by atoms with Crippen molar-refractivity contribution in [3.8, 4) is 5.75 Å². The van der Waals surface area contributed by atoms with Gasteiger partial charge in [-0.15, -0.1) is 0 Å². The van der Waals surface area contributed by atoms with Crippen LogP contribution in [-0.4, -0.2) is 33.6 Å². The number of aromatic nitrogens is 1. The van der Waals surface area contributed by atoms with E-state index in [0.29, 0.717) is 12.2 Å². The van der Waals surface area contributed by atoms with Crippen molar-refractivity contribution < 1.29 is 9.90 Å². The highest BCUT2D eigenvalue weighted by Crippen LogP contribution is 2.23. The molecule has 4 nitrogen and oxygen atoms in total. The number of carbonyl (C=O) groups is 1. The molecule has 1 aromatic heterocycles. The van der Waals surface area contributed by atoms with Gasteiger partial charge in [0.05, 0.1) is 0 Å². The summed E-state index contributed by atoms with van der Waals surface area (Å²) in [6.45, 7) is 1.48. The molecule has 4 rings (SSSR count). The second-order valence-corrected chi connectivity index (χ2v) is 7.12. The smallest absolute Gasteiger partial charge is 0.222 e. The van der Waals surface area contributed by atoms with Crippen LogP contribution in [0.4, 0.5) is 0 Å². The number of para-hydroxylation sites is 1. The summed E-state index contributed by atoms with van der Waals surface area (Å²) in [4.78, 5) is 14.7. The van der Waals surface area contributed by atoms with Gasteiger partial charge in [0, 0.05) is 43.7 Å². The molecule has 4 heteroatoms. The molecule has 0 radical (unpaired) electrons. The van der Waals surface area contributed by atoms with Crippen LogP contribution in [0.5, 0.6) is 5.75 Å². The Balaban J connectivity index is 1.42. The Morgan fingerprint density at radius 3 is 2.69 bits per heavy atom. The van der Waals surface area contributed by atoms with Crippen molar-refractivity contribution in [3.05, 3.63) is 65.4 Å². The van der Waals surface area contributed by atoms with Crippen LogP contribution in [0, 0.1) is 0 Å². The molecule has 0 unspecified atom stereocenters. The van der Waals surface area contributed by atoms with E-state index in [2.05, 4.69) is 36.0 Å². The van der Waals surface area contributed by atoms with E-state index in [1.54, 1.807) is 6.07 Å². The molecular weight excluding hydrogens is 324 g/mol. The number of aryl methyl sites for hydroxylation is 2. The Bertz CT molecular complexity index is 958. The molecule has 2 heterocycles. The van der Waals surface area contributed by atoms with Gasteiger partial charge in [0.1, 0.15) is 5.75 Å². The first kappa shape index (κ1) is 16.7. The lowest BCUT2D eigenvalue weighted by atomic mass is 10.0. The first-order valence-corrected chi connectivity index (χ1v) is 9.23. The normalized spacial score (nSPS) is 14.3. The third kappa shape index (κ3) is 3.19. The van der Waals surface area contributed by atoms with Crippen LogP contribution in [0.1, 0.15) is 23.1 Å². The average molecular weight is 348 g/mol. The van der Waals surface area contributed by atoms with E-state index in [0.717, 1.165) is 37.9 Å². The molecule has 0 atom stereocenters. The molecule has 0 saturated carbocycles. The fourth-order valence-corrected chi connectivity index (χ4v) is 3.99. The second-order valence-electron chi connectivity index (χ2n) is 7.12. The molecule has 0 aliphatic carbocycles. The van der Waals surface area contributed by atoms with Gasteiger partial charge in [-0.3, -0.25) is 4.79 Å². The van der Waals surface area contributed by atoms with Crippen molar-refractivity contribution >= 4 is 16.8 Å². The number of hydrogen-bond donors (Lipinski definition) is 1. The minimum absolute atomic E-state index is 0.218. The number of carbonyl (C=O) groups excluding carboxylic acids is 1. The Morgan fingerprint density at radius 1 is 1.08 bits per heavy atom. The zero-order valence-corrected chi connectivity index (χ0v) is 15.1. The first-order valence-electron chi connectivity index (χ1n) is 9.23. The highest BCUT2D eigenvalue weighted by molar-refractivity contribution is 5.85. The Kier molecular flexibility index (Phi) is 4.41. The number of phenolic OH excluding ortho intramolecular Hbond substituents is 1. The van der Waals surface area contributed by atoms with E-state index in [4.69, 9.17) is 0 Å². The SMILES string of the molecule is Cn1cc(CCC(=O)N2CCc3ccc(O)cc3CC2)c2ccccc21. The van der Waals surface area contributed by atoms with Crippen LogP contribution in [-0.2, 0) is 31.1 Å². The van der Waals surface area contributed by atoms with Crippen LogP contribution >= 0.6 is 0 Å². The van der Waals surface area contributed by atoms with Crippen LogP contribution in [0.3, 0.4) is 0 Å². The zero-order valence-electron chi connectivity index (χ0n) is 15.1. The van der Waals surface area contributed by atoms with Crippen molar-refractivity contribution in [2.45, 2.75) is 25.7 Å². The molecule has 2 aromatic carbocycles. The van der Waals surface area contributed by atoms with Crippen LogP contribution in [0.2, 0.25) is 0 Å². The summed E-state index contributed by atoms with van der Waals surface area (Å²) in [6, 6.07) is 13.9. The lowest BCUT2D eigenvalue weighted by molar-refractivity contribution is -0.131. The minimum Gasteiger partial charge on any atom is -0.508 e. The van der Waals surface area contributed by atoms with Crippen molar-refractivity contribution in [2.24, 2.45) is 7.05 Å². The fraction of sp³-hybridized carbons (Fsp3) is 0.318. The monoisotopic (exact) mass is 348 g/mol. The molecule has 0 bridgehead atoms. The Hall–Kier alpha value is -2.75. The van der Waals surface area contributed by atoms with Gasteiger partial charge in [-0.05, 0) is 54.2 Å². The van der Waals surface area contributed by atoms with Gasteiger partial charge in [0.15, 0.2) is 0 Å². The summed E-state index contributed by atoms with van der Waals surface area (Å²) in [7, 11) is 2.05. The van der Waals surface area contributed by atoms with Gasteiger partial charge in [-0.2, -0.15) is 0 Å². The third-order valence-electron chi connectivity index (χ3n) is 5.43. The van der Waals surface area contributed by atoms with E-state index in [-0.39, 0.29) is 5.91 Å². The van der Waals surface area contributed by atoms with Crippen LogP contribution in [0.15, 0.2) is 48.7 Å². The second kappa shape index (κ2) is 6.87. The molecule has 3 aromatic rings. The van der Waals surface area contributed by atoms with E-state index in [9.17, 15) is 9.90 Å². The van der Waals surface area contributed by atoms with E-state index < -0.39 is 0 Å². The number of nitrogens with zero attached hydrogens (tertiary/aromatic N) is 2. The third-order valence-corrected chi connectivity index (χ3v) is 5.43. The quantitative estimate of drug-likeness (QED) is 0.788. The predicted octanol–water partition coefficient (Wildman–Crippen LogP) is 3.44. The van der Waals surface area contributed by atoms with Crippen molar-refractivity contribution in [1.82, 2.24) is 9.47 Å². The molecule has 1 N–H and O–H groups in total. The number of phenols is 1. The molecular formula is C22H24N2O2. The molecule has 0 saturated heterocycles.